The second kappa shape index (κ2) is 10.5. The third kappa shape index (κ3) is 6.22. The molecule has 1 amide bonds. The van der Waals surface area contributed by atoms with Crippen molar-refractivity contribution in [2.45, 2.75) is 19.5 Å². The molecule has 1 aromatic heterocycles. The first-order valence-corrected chi connectivity index (χ1v) is 11.0. The van der Waals surface area contributed by atoms with E-state index in [4.69, 9.17) is 0 Å². The lowest BCUT2D eigenvalue weighted by Gasteiger charge is -2.32. The van der Waals surface area contributed by atoms with Gasteiger partial charge in [0.05, 0.1) is 6.42 Å². The van der Waals surface area contributed by atoms with Gasteiger partial charge < -0.3 is 10.2 Å². The zero-order valence-corrected chi connectivity index (χ0v) is 18.4. The molecule has 166 valence electrons. The van der Waals surface area contributed by atoms with Crippen molar-refractivity contribution in [1.82, 2.24) is 20.1 Å². The smallest absolute Gasteiger partial charge is 0.226 e. The number of piperazine rings is 1. The third-order valence-electron chi connectivity index (χ3n) is 5.83. The Balaban J connectivity index is 1.28. The van der Waals surface area contributed by atoms with Gasteiger partial charge in [0.15, 0.2) is 0 Å². The minimum absolute atomic E-state index is 0.136. The average molecular weight is 433 g/mol. The summed E-state index contributed by atoms with van der Waals surface area (Å²) in [5, 5.41) is 2.81. The number of amides is 1. The molecule has 2 aromatic carbocycles. The molecule has 0 spiro atoms. The lowest BCUT2D eigenvalue weighted by Crippen LogP contribution is -2.43. The van der Waals surface area contributed by atoms with Crippen LogP contribution in [-0.2, 0) is 24.3 Å². The Labute approximate surface area is 188 Å². The highest BCUT2D eigenvalue weighted by Gasteiger charge is 2.13. The van der Waals surface area contributed by atoms with E-state index in [0.29, 0.717) is 12.2 Å². The van der Waals surface area contributed by atoms with Crippen molar-refractivity contribution in [3.63, 3.8) is 0 Å². The van der Waals surface area contributed by atoms with Crippen LogP contribution in [0.4, 0.5) is 4.39 Å². The van der Waals surface area contributed by atoms with Crippen LogP contribution in [0.1, 0.15) is 16.8 Å². The molecule has 1 N–H and O–H groups in total. The maximum absolute atomic E-state index is 13.2. The number of pyridine rings is 1. The minimum atomic E-state index is -0.304. The van der Waals surface area contributed by atoms with Crippen LogP contribution in [0.2, 0.25) is 0 Å². The molecule has 1 saturated heterocycles. The first kappa shape index (κ1) is 22.1. The van der Waals surface area contributed by atoms with Crippen molar-refractivity contribution in [3.8, 4) is 11.1 Å². The number of halogens is 1. The van der Waals surface area contributed by atoms with Crippen LogP contribution in [0.15, 0.2) is 66.9 Å². The molecule has 0 unspecified atom stereocenters. The molecule has 32 heavy (non-hydrogen) atoms. The number of likely N-dealkylation sites (N-methyl/N-ethyl adjacent to an activating group) is 1. The van der Waals surface area contributed by atoms with E-state index in [-0.39, 0.29) is 18.1 Å². The fraction of sp³-hybridized carbons (Fsp3) is 0.308. The molecule has 0 bridgehead atoms. The SMILES string of the molecule is CN1CCN(Cc2ccc(-c3ccc(CC(=O)NCc4cccc(F)c4)nc3)cc2)CC1. The number of carbonyl (C=O) groups is 1. The van der Waals surface area contributed by atoms with Gasteiger partial charge in [0, 0.05) is 56.7 Å². The Morgan fingerprint density at radius 1 is 0.969 bits per heavy atom. The molecule has 0 radical (unpaired) electrons. The van der Waals surface area contributed by atoms with Crippen molar-refractivity contribution < 1.29 is 9.18 Å². The van der Waals surface area contributed by atoms with Crippen molar-refractivity contribution in [2.75, 3.05) is 33.2 Å². The second-order valence-corrected chi connectivity index (χ2v) is 8.40. The molecule has 0 atom stereocenters. The number of nitrogens with one attached hydrogen (secondary N) is 1. The Bertz CT molecular complexity index is 1030. The summed E-state index contributed by atoms with van der Waals surface area (Å²) >= 11 is 0. The highest BCUT2D eigenvalue weighted by atomic mass is 19.1. The lowest BCUT2D eigenvalue weighted by molar-refractivity contribution is -0.120. The summed E-state index contributed by atoms with van der Waals surface area (Å²) in [6.07, 6.45) is 2.00. The van der Waals surface area contributed by atoms with E-state index in [0.717, 1.165) is 49.4 Å². The van der Waals surface area contributed by atoms with Gasteiger partial charge in [-0.05, 0) is 41.9 Å². The zero-order chi connectivity index (χ0) is 22.3. The van der Waals surface area contributed by atoms with Gasteiger partial charge in [0.25, 0.3) is 0 Å². The quantitative estimate of drug-likeness (QED) is 0.621. The molecule has 0 saturated carbocycles. The third-order valence-corrected chi connectivity index (χ3v) is 5.83. The molecule has 2 heterocycles. The number of benzene rings is 2. The van der Waals surface area contributed by atoms with Crippen LogP contribution in [0.25, 0.3) is 11.1 Å². The normalized spacial score (nSPS) is 14.9. The van der Waals surface area contributed by atoms with E-state index in [1.165, 1.54) is 17.7 Å². The van der Waals surface area contributed by atoms with Gasteiger partial charge in [0.1, 0.15) is 5.82 Å². The van der Waals surface area contributed by atoms with Gasteiger partial charge in [-0.1, -0.05) is 42.5 Å². The summed E-state index contributed by atoms with van der Waals surface area (Å²) in [5.41, 5.74) is 4.90. The van der Waals surface area contributed by atoms with Gasteiger partial charge in [0.2, 0.25) is 5.91 Å². The predicted octanol–water partition coefficient (Wildman–Crippen LogP) is 3.49. The number of carbonyl (C=O) groups excluding carboxylic acids is 1. The number of hydrogen-bond acceptors (Lipinski definition) is 4. The van der Waals surface area contributed by atoms with Gasteiger partial charge in [-0.2, -0.15) is 0 Å². The minimum Gasteiger partial charge on any atom is -0.352 e. The van der Waals surface area contributed by atoms with Gasteiger partial charge >= 0.3 is 0 Å². The van der Waals surface area contributed by atoms with Gasteiger partial charge in [-0.15, -0.1) is 0 Å². The van der Waals surface area contributed by atoms with E-state index < -0.39 is 0 Å². The van der Waals surface area contributed by atoms with Crippen LogP contribution in [0.5, 0.6) is 0 Å². The maximum Gasteiger partial charge on any atom is 0.226 e. The molecule has 6 heteroatoms. The number of rotatable bonds is 7. The van der Waals surface area contributed by atoms with Crippen LogP contribution in [0.3, 0.4) is 0 Å². The number of aromatic nitrogens is 1. The highest BCUT2D eigenvalue weighted by molar-refractivity contribution is 5.78. The first-order chi connectivity index (χ1) is 15.5. The second-order valence-electron chi connectivity index (χ2n) is 8.40. The van der Waals surface area contributed by atoms with Crippen LogP contribution in [0, 0.1) is 5.82 Å². The molecule has 1 aliphatic rings. The summed E-state index contributed by atoms with van der Waals surface area (Å²) in [6.45, 7) is 5.75. The molecule has 5 nitrogen and oxygen atoms in total. The molecular weight excluding hydrogens is 403 g/mol. The molecule has 1 aliphatic heterocycles. The maximum atomic E-state index is 13.2. The van der Waals surface area contributed by atoms with Gasteiger partial charge in [-0.3, -0.25) is 14.7 Å². The Kier molecular flexibility index (Phi) is 7.24. The van der Waals surface area contributed by atoms with E-state index in [1.54, 1.807) is 12.1 Å². The fourth-order valence-electron chi connectivity index (χ4n) is 3.84. The Morgan fingerprint density at radius 2 is 1.72 bits per heavy atom. The standard InChI is InChI=1S/C26H29FN4O/c1-30-11-13-31(14-12-30)19-20-5-7-22(8-6-20)23-9-10-25(28-18-23)16-26(32)29-17-21-3-2-4-24(27)15-21/h2-10,15,18H,11-14,16-17,19H2,1H3,(H,29,32). The lowest BCUT2D eigenvalue weighted by atomic mass is 10.0. The first-order valence-electron chi connectivity index (χ1n) is 11.0. The molecule has 4 rings (SSSR count). The molecule has 1 fully saturated rings. The molecule has 0 aliphatic carbocycles. The summed E-state index contributed by atoms with van der Waals surface area (Å²) in [4.78, 5) is 21.5. The largest absolute Gasteiger partial charge is 0.352 e. The van der Waals surface area contributed by atoms with E-state index in [2.05, 4.69) is 51.4 Å². The predicted molar refractivity (Wildman–Crippen MR) is 124 cm³/mol. The molecule has 3 aromatic rings. The number of nitrogens with zero attached hydrogens (tertiary/aromatic N) is 3. The number of hydrogen-bond donors (Lipinski definition) is 1. The van der Waals surface area contributed by atoms with Crippen molar-refractivity contribution >= 4 is 5.91 Å². The average Bonchev–Trinajstić information content (AvgIpc) is 2.80. The zero-order valence-electron chi connectivity index (χ0n) is 18.4. The van der Waals surface area contributed by atoms with Crippen molar-refractivity contribution in [3.05, 3.63) is 89.5 Å². The summed E-state index contributed by atoms with van der Waals surface area (Å²) in [7, 11) is 2.17. The van der Waals surface area contributed by atoms with Crippen LogP contribution in [-0.4, -0.2) is 53.9 Å². The van der Waals surface area contributed by atoms with Crippen LogP contribution >= 0.6 is 0 Å². The van der Waals surface area contributed by atoms with Crippen molar-refractivity contribution in [2.24, 2.45) is 0 Å². The molecular formula is C26H29FN4O. The Hall–Kier alpha value is -3.09. The topological polar surface area (TPSA) is 48.5 Å². The summed E-state index contributed by atoms with van der Waals surface area (Å²) < 4.78 is 13.2. The monoisotopic (exact) mass is 432 g/mol. The van der Waals surface area contributed by atoms with E-state index >= 15 is 0 Å². The van der Waals surface area contributed by atoms with Gasteiger partial charge in [-0.25, -0.2) is 4.39 Å². The summed E-state index contributed by atoms with van der Waals surface area (Å²) in [5.74, 6) is -0.441. The Morgan fingerprint density at radius 3 is 2.41 bits per heavy atom. The summed E-state index contributed by atoms with van der Waals surface area (Å²) in [6, 6.07) is 18.7. The highest BCUT2D eigenvalue weighted by Crippen LogP contribution is 2.20. The van der Waals surface area contributed by atoms with Crippen molar-refractivity contribution in [1.29, 1.82) is 0 Å². The van der Waals surface area contributed by atoms with Crippen LogP contribution < -0.4 is 5.32 Å². The van der Waals surface area contributed by atoms with E-state index in [9.17, 15) is 9.18 Å². The van der Waals surface area contributed by atoms with E-state index in [1.807, 2.05) is 18.3 Å². The fourth-order valence-corrected chi connectivity index (χ4v) is 3.84.